The van der Waals surface area contributed by atoms with Gasteiger partial charge in [0.1, 0.15) is 65.8 Å². The number of carboxylic acids is 1. The molecule has 22 N–H and O–H groups in total. The number of H-pyrrole nitrogens is 2. The Morgan fingerprint density at radius 3 is 1.93 bits per heavy atom. The van der Waals surface area contributed by atoms with Gasteiger partial charge in [0, 0.05) is 101 Å². The summed E-state index contributed by atoms with van der Waals surface area (Å²) in [6.45, 7) is 1.97. The van der Waals surface area contributed by atoms with Gasteiger partial charge in [-0.25, -0.2) is 4.98 Å². The van der Waals surface area contributed by atoms with Crippen LogP contribution in [0, 0.1) is 11.3 Å². The van der Waals surface area contributed by atoms with Crippen LogP contribution in [0.25, 0.3) is 10.9 Å². The number of guanidine groups is 1. The number of amides is 13. The largest absolute Gasteiger partial charge is 0.508 e. The van der Waals surface area contributed by atoms with Gasteiger partial charge in [-0.05, 0) is 117 Å². The average Bonchev–Trinajstić information content (AvgIpc) is 1.70. The lowest BCUT2D eigenvalue weighted by Crippen LogP contribution is -2.61. The zero-order valence-corrected chi connectivity index (χ0v) is 63.7. The van der Waals surface area contributed by atoms with Gasteiger partial charge in [0.05, 0.1) is 43.0 Å². The Balaban J connectivity index is 1.03. The van der Waals surface area contributed by atoms with E-state index in [1.165, 1.54) is 77.2 Å². The van der Waals surface area contributed by atoms with Crippen molar-refractivity contribution in [3.63, 3.8) is 0 Å². The molecule has 0 bridgehead atoms. The first-order valence-electron chi connectivity index (χ1n) is 37.8. The van der Waals surface area contributed by atoms with E-state index in [1.54, 1.807) is 56.4 Å². The number of pyridine rings is 2. The number of nitrogens with one attached hydrogen (secondary N) is 15. The molecule has 0 saturated carbocycles. The Morgan fingerprint density at radius 1 is 0.635 bits per heavy atom. The predicted octanol–water partition coefficient (Wildman–Crippen LogP) is -3.10. The van der Waals surface area contributed by atoms with Crippen molar-refractivity contribution < 1.29 is 82.4 Å². The van der Waals surface area contributed by atoms with Gasteiger partial charge in [0.25, 0.3) is 11.8 Å². The van der Waals surface area contributed by atoms with E-state index >= 15 is 9.59 Å². The Hall–Kier alpha value is -12.9. The molecule has 2 fully saturated rings. The first-order chi connectivity index (χ1) is 55.1. The third-order valence-corrected chi connectivity index (χ3v) is 19.0. The van der Waals surface area contributed by atoms with Crippen molar-refractivity contribution in [1.82, 2.24) is 98.5 Å². The average molecular weight is 1590 g/mol. The van der Waals surface area contributed by atoms with Crippen LogP contribution in [0.15, 0.2) is 110 Å². The number of imidazole rings is 1. The number of primary amides is 1. The van der Waals surface area contributed by atoms with E-state index in [4.69, 9.17) is 16.9 Å². The van der Waals surface area contributed by atoms with Crippen molar-refractivity contribution in [3.8, 4) is 5.75 Å². The molecule has 2 aromatic carbocycles. The zero-order chi connectivity index (χ0) is 83.1. The number of nitrogens with zero attached hydrogens (tertiary/aromatic N) is 5. The van der Waals surface area contributed by atoms with Gasteiger partial charge in [-0.15, -0.1) is 0 Å². The summed E-state index contributed by atoms with van der Waals surface area (Å²) >= 11 is 0. The van der Waals surface area contributed by atoms with Crippen molar-refractivity contribution in [1.29, 1.82) is 5.41 Å². The number of nitrogens with two attached hydrogens (primary N) is 2. The molecule has 2 saturated heterocycles. The number of aromatic amines is 2. The van der Waals surface area contributed by atoms with Crippen LogP contribution >= 0.6 is 0 Å². The number of benzene rings is 2. The monoisotopic (exact) mass is 1590 g/mol. The number of aliphatic carboxylic acids is 1. The molecule has 2 aliphatic rings. The minimum atomic E-state index is -1.87. The van der Waals surface area contributed by atoms with Crippen molar-refractivity contribution in [2.45, 2.75) is 158 Å². The molecule has 9 atom stereocenters. The molecule has 13 amide bonds. The summed E-state index contributed by atoms with van der Waals surface area (Å²) < 4.78 is 0. The Morgan fingerprint density at radius 2 is 1.28 bits per heavy atom. The molecule has 115 heavy (non-hydrogen) atoms. The second-order valence-corrected chi connectivity index (χ2v) is 28.3. The lowest BCUT2D eigenvalue weighted by Gasteiger charge is -2.31. The molecule has 2 aliphatic heterocycles. The Bertz CT molecular complexity index is 4380. The number of aromatic nitrogens is 5. The fraction of sp³-hybridized carbons (Fsp3) is 0.447. The smallest absolute Gasteiger partial charge is 0.317 e. The van der Waals surface area contributed by atoms with Gasteiger partial charge in [0.2, 0.25) is 65.0 Å². The SMILES string of the molecule is CC(C)C[C@H](NC(=O)[C@@H](CCCCNC(=O)c1ccc(CN(CCNC(=O)c2ccccn2)CC(=O)O)nc1)NC(=O)[C@H](Cc1ccc(O)cc1)NC(=O)[C@H](CO)NC(=O)[C@H](Cc1c[nH]c2ccccc12)NC(=O)[C@H](Cc1c[nH]cn1)NC(=O)[C@@H]1CCC(=O)N1)C(=O)N[C@@H](CCCNC(=N)N)C(=O)N1CCC[C@H]1C(=O)NCC(N)=O. The predicted molar refractivity (Wildman–Crippen MR) is 413 cm³/mol. The zero-order valence-electron chi connectivity index (χ0n) is 63.7. The molecule has 0 spiro atoms. The van der Waals surface area contributed by atoms with Gasteiger partial charge < -0.3 is 105 Å². The number of aromatic hydroxyl groups is 1. The van der Waals surface area contributed by atoms with Gasteiger partial charge in [-0.1, -0.05) is 50.2 Å². The molecule has 0 unspecified atom stereocenters. The van der Waals surface area contributed by atoms with E-state index in [-0.39, 0.29) is 151 Å². The summed E-state index contributed by atoms with van der Waals surface area (Å²) in [6, 6.07) is 7.68. The number of phenolic OH excluding ortho intramolecular Hbond substituents is 1. The van der Waals surface area contributed by atoms with Crippen LogP contribution in [-0.4, -0.2) is 246 Å². The van der Waals surface area contributed by atoms with Crippen LogP contribution in [0.5, 0.6) is 5.75 Å². The summed E-state index contributed by atoms with van der Waals surface area (Å²) in [7, 11) is 0. The highest BCUT2D eigenvalue weighted by atomic mass is 16.4. The first-order valence-corrected chi connectivity index (χ1v) is 37.8. The normalized spacial score (nSPS) is 15.6. The molecular formula is C76H100N22O17. The van der Waals surface area contributed by atoms with Gasteiger partial charge in [-0.2, -0.15) is 0 Å². The van der Waals surface area contributed by atoms with Gasteiger partial charge in [0.15, 0.2) is 5.96 Å². The number of aliphatic hydroxyl groups is 1. The van der Waals surface area contributed by atoms with E-state index in [2.05, 4.69) is 88.7 Å². The van der Waals surface area contributed by atoms with Crippen LogP contribution in [0.2, 0.25) is 0 Å². The maximum atomic E-state index is 15.2. The molecule has 39 nitrogen and oxygen atoms in total. The molecule has 0 aliphatic carbocycles. The summed E-state index contributed by atoms with van der Waals surface area (Å²) in [6.07, 6.45) is 7.37. The Labute approximate surface area is 660 Å². The lowest BCUT2D eigenvalue weighted by atomic mass is 10.00. The van der Waals surface area contributed by atoms with E-state index < -0.39 is 151 Å². The molecular weight excluding hydrogens is 1490 g/mol. The number of hydrogen-bond donors (Lipinski definition) is 20. The van der Waals surface area contributed by atoms with Crippen LogP contribution in [0.4, 0.5) is 0 Å². The summed E-state index contributed by atoms with van der Waals surface area (Å²) in [4.78, 5) is 214. The Kier molecular flexibility index (Phi) is 33.3. The molecule has 616 valence electrons. The third-order valence-electron chi connectivity index (χ3n) is 19.0. The molecule has 6 aromatic rings. The minimum Gasteiger partial charge on any atom is -0.508 e. The van der Waals surface area contributed by atoms with Crippen molar-refractivity contribution in [3.05, 3.63) is 144 Å². The van der Waals surface area contributed by atoms with E-state index in [0.717, 1.165) is 0 Å². The number of carboxylic acid groups (broad SMARTS) is 1. The topological polar surface area (TPSA) is 597 Å². The second kappa shape index (κ2) is 43.8. The quantitative estimate of drug-likeness (QED) is 0.0102. The van der Waals surface area contributed by atoms with Crippen molar-refractivity contribution in [2.24, 2.45) is 17.4 Å². The number of carbonyl (C=O) groups excluding carboxylic acids is 13. The van der Waals surface area contributed by atoms with Crippen LogP contribution in [0.1, 0.15) is 121 Å². The number of aliphatic hydroxyl groups excluding tert-OH is 1. The molecule has 6 heterocycles. The number of fused-ring (bicyclic) bond motifs is 1. The standard InChI is InChI=1S/C76H100N22O17/c1-43(2)31-56(69(109)91-55(15-9-27-84-76(78)79)75(115)98-29-10-16-61(98)74(114)87-38-62(77)101)92-67(107)53(14-6-8-26-82-65(105)45-19-20-47(85-35-45)39-97(40-64(103)104)30-28-83-66(106)52-13-5-7-25-81-52)90-70(110)57(32-44-17-21-49(100)22-18-44)93-73(113)60(41-99)96-71(111)58(33-46-36-86-51-12-4-3-11-50(46)51)94-72(112)59(34-48-37-80-42-88-48)95-68(108)54-23-24-63(102)89-54/h3-5,7,11-13,17-22,25,35-37,42-43,53-61,86,99-100H,6,8-10,14-16,23-24,26-34,38-41H2,1-2H3,(H2,77,101)(H,80,88)(H,82,105)(H,83,106)(H,87,114)(H,89,102)(H,90,110)(H,91,109)(H,92,107)(H,93,113)(H,94,112)(H,95,108)(H,96,111)(H,103,104)(H4,78,79,84)/t53-,54+,55+,56+,57+,58+,59+,60+,61+/m1/s1. The van der Waals surface area contributed by atoms with E-state index in [1.807, 2.05) is 0 Å². The molecule has 39 heteroatoms. The number of rotatable bonds is 45. The highest BCUT2D eigenvalue weighted by molar-refractivity contribution is 6.00. The lowest BCUT2D eigenvalue weighted by molar-refractivity contribution is -0.142. The highest BCUT2D eigenvalue weighted by Gasteiger charge is 2.40. The number of hydrogen-bond acceptors (Lipinski definition) is 21. The summed E-state index contributed by atoms with van der Waals surface area (Å²) in [5.41, 5.74) is 13.4. The minimum absolute atomic E-state index is 0.0104. The summed E-state index contributed by atoms with van der Waals surface area (Å²) in [5, 5.41) is 71.1. The second-order valence-electron chi connectivity index (χ2n) is 28.3. The van der Waals surface area contributed by atoms with Crippen LogP contribution in [0.3, 0.4) is 0 Å². The highest BCUT2D eigenvalue weighted by Crippen LogP contribution is 2.23. The van der Waals surface area contributed by atoms with Gasteiger partial charge in [-0.3, -0.25) is 87.4 Å². The van der Waals surface area contributed by atoms with E-state index in [0.29, 0.717) is 39.8 Å². The maximum absolute atomic E-state index is 15.2. The van der Waals surface area contributed by atoms with Crippen LogP contribution < -0.4 is 75.3 Å². The molecule has 0 radical (unpaired) electrons. The fourth-order valence-electron chi connectivity index (χ4n) is 13.1. The van der Waals surface area contributed by atoms with Crippen molar-refractivity contribution in [2.75, 3.05) is 52.4 Å². The number of unbranched alkanes of at least 4 members (excludes halogenated alkanes) is 1. The number of para-hydroxylation sites is 1. The maximum Gasteiger partial charge on any atom is 0.317 e. The van der Waals surface area contributed by atoms with E-state index in [9.17, 15) is 72.9 Å². The summed E-state index contributed by atoms with van der Waals surface area (Å²) in [5.74, 6) is -12.0. The van der Waals surface area contributed by atoms with Gasteiger partial charge >= 0.3 is 5.97 Å². The molecule has 4 aromatic heterocycles. The van der Waals surface area contributed by atoms with Crippen LogP contribution in [-0.2, 0) is 83.3 Å². The molecule has 8 rings (SSSR count). The van der Waals surface area contributed by atoms with Crippen molar-refractivity contribution >= 4 is 99.6 Å². The fourth-order valence-corrected chi connectivity index (χ4v) is 13.1. The first kappa shape index (κ1) is 87.6. The third kappa shape index (κ3) is 27.7. The number of likely N-dealkylation sites (tertiary alicyclic amines) is 1. The number of phenols is 1. The number of carbonyl (C=O) groups is 14.